The maximum absolute atomic E-state index is 14.1. The van der Waals surface area contributed by atoms with Gasteiger partial charge in [0.1, 0.15) is 0 Å². The monoisotopic (exact) mass is 543 g/mol. The number of aryl methyl sites for hydroxylation is 2. The van der Waals surface area contributed by atoms with E-state index >= 15 is 0 Å². The molecule has 0 radical (unpaired) electrons. The maximum atomic E-state index is 14.1. The Morgan fingerprint density at radius 1 is 1.00 bits per heavy atom. The van der Waals surface area contributed by atoms with Crippen LogP contribution in [0, 0.1) is 0 Å². The zero-order valence-electron chi connectivity index (χ0n) is 19.8. The lowest BCUT2D eigenvalue weighted by molar-refractivity contribution is 0.282. The number of benzene rings is 3. The Kier molecular flexibility index (Phi) is 8.36. The summed E-state index contributed by atoms with van der Waals surface area (Å²) in [6, 6.07) is 18.2. The van der Waals surface area contributed by atoms with Crippen LogP contribution in [-0.4, -0.2) is 23.1 Å². The molecule has 0 amide bonds. The van der Waals surface area contributed by atoms with Crippen LogP contribution >= 0.6 is 23.2 Å². The lowest BCUT2D eigenvalue weighted by atomic mass is 9.97. The summed E-state index contributed by atoms with van der Waals surface area (Å²) in [7, 11) is -4.05. The molecule has 4 rings (SSSR count). The highest BCUT2D eigenvalue weighted by Gasteiger charge is 2.33. The van der Waals surface area contributed by atoms with E-state index in [0.29, 0.717) is 21.3 Å². The molecule has 0 fully saturated rings. The lowest BCUT2D eigenvalue weighted by Crippen LogP contribution is -2.35. The maximum Gasteiger partial charge on any atom is 0.264 e. The molecule has 0 unspecified atom stereocenters. The number of rotatable bonds is 10. The van der Waals surface area contributed by atoms with E-state index in [9.17, 15) is 13.5 Å². The van der Waals surface area contributed by atoms with Crippen LogP contribution in [0.25, 0.3) is 0 Å². The molecule has 0 saturated carbocycles. The number of anilines is 1. The Morgan fingerprint density at radius 3 is 2.42 bits per heavy atom. The van der Waals surface area contributed by atoms with Gasteiger partial charge in [-0.15, -0.1) is 0 Å². The van der Waals surface area contributed by atoms with Gasteiger partial charge in [-0.1, -0.05) is 53.5 Å². The van der Waals surface area contributed by atoms with Crippen molar-refractivity contribution < 1.29 is 13.5 Å². The van der Waals surface area contributed by atoms with Gasteiger partial charge in [-0.25, -0.2) is 13.4 Å². The number of aromatic nitrogens is 2. The van der Waals surface area contributed by atoms with Crippen LogP contribution in [0.5, 0.6) is 0 Å². The van der Waals surface area contributed by atoms with E-state index < -0.39 is 16.1 Å². The van der Waals surface area contributed by atoms with Gasteiger partial charge >= 0.3 is 0 Å². The Balaban J connectivity index is 1.78. The van der Waals surface area contributed by atoms with Gasteiger partial charge < -0.3 is 9.67 Å². The molecule has 6 nitrogen and oxygen atoms in total. The van der Waals surface area contributed by atoms with Gasteiger partial charge in [0.05, 0.1) is 29.6 Å². The number of aliphatic hydroxyl groups is 1. The van der Waals surface area contributed by atoms with Crippen molar-refractivity contribution in [3.63, 3.8) is 0 Å². The number of hydrogen-bond acceptors (Lipinski definition) is 4. The summed E-state index contributed by atoms with van der Waals surface area (Å²) < 4.78 is 31.5. The summed E-state index contributed by atoms with van der Waals surface area (Å²) in [5.41, 5.74) is 2.72. The first-order valence-corrected chi connectivity index (χ1v) is 13.7. The Bertz CT molecular complexity index is 1410. The second kappa shape index (κ2) is 11.5. The molecular formula is C27H27Cl2N3O3S. The fourth-order valence-electron chi connectivity index (χ4n) is 4.31. The molecule has 0 aliphatic rings. The molecule has 1 heterocycles. The van der Waals surface area contributed by atoms with E-state index in [1.807, 2.05) is 42.0 Å². The zero-order chi connectivity index (χ0) is 25.7. The summed E-state index contributed by atoms with van der Waals surface area (Å²) in [4.78, 5) is 4.18. The zero-order valence-corrected chi connectivity index (χ0v) is 22.1. The molecule has 1 atom stereocenters. The van der Waals surface area contributed by atoms with E-state index in [4.69, 9.17) is 23.2 Å². The number of hydrogen-bond donors (Lipinski definition) is 1. The van der Waals surface area contributed by atoms with Gasteiger partial charge in [0.15, 0.2) is 0 Å². The number of imidazole rings is 1. The highest BCUT2D eigenvalue weighted by Crippen LogP contribution is 2.38. The number of sulfonamides is 1. The third-order valence-corrected chi connectivity index (χ3v) is 8.49. The van der Waals surface area contributed by atoms with Crippen LogP contribution in [0.1, 0.15) is 36.1 Å². The van der Waals surface area contributed by atoms with Crippen molar-refractivity contribution in [3.8, 4) is 0 Å². The second-order valence-electron chi connectivity index (χ2n) is 8.46. The minimum atomic E-state index is -4.05. The quantitative estimate of drug-likeness (QED) is 0.255. The fourth-order valence-corrected chi connectivity index (χ4v) is 6.27. The summed E-state index contributed by atoms with van der Waals surface area (Å²) in [6.45, 7) is 2.32. The first kappa shape index (κ1) is 26.2. The summed E-state index contributed by atoms with van der Waals surface area (Å²) in [6.07, 6.45) is 7.08. The molecule has 0 aliphatic heterocycles. The van der Waals surface area contributed by atoms with Gasteiger partial charge in [0.25, 0.3) is 10.0 Å². The van der Waals surface area contributed by atoms with Crippen LogP contribution < -0.4 is 4.31 Å². The third kappa shape index (κ3) is 5.76. The van der Waals surface area contributed by atoms with E-state index in [0.717, 1.165) is 30.5 Å². The van der Waals surface area contributed by atoms with Crippen molar-refractivity contribution in [2.24, 2.45) is 0 Å². The normalized spacial score (nSPS) is 12.4. The van der Waals surface area contributed by atoms with Crippen molar-refractivity contribution in [2.75, 3.05) is 4.31 Å². The SMILES string of the molecule is C[C@H](c1ccccc1CCCn1ccnc1)N(c1cc(Cl)ccc1CO)S(=O)(=O)c1ccc(Cl)cc1. The fraction of sp³-hybridized carbons (Fsp3) is 0.222. The predicted molar refractivity (Wildman–Crippen MR) is 144 cm³/mol. The standard InChI is InChI=1S/C27H27Cl2N3O3S/c1-20(26-7-3-2-5-21(26)6-4-15-31-16-14-30-19-31)32(27-17-24(29)9-8-22(27)18-33)36(34,35)25-12-10-23(28)11-13-25/h2-3,5,7-14,16-17,19-20,33H,4,6,15,18H2,1H3/t20-/m1/s1. The van der Waals surface area contributed by atoms with Crippen LogP contribution in [0.15, 0.2) is 90.3 Å². The molecule has 188 valence electrons. The molecule has 4 aromatic rings. The third-order valence-electron chi connectivity index (χ3n) is 6.10. The van der Waals surface area contributed by atoms with E-state index in [2.05, 4.69) is 4.98 Å². The molecular weight excluding hydrogens is 517 g/mol. The van der Waals surface area contributed by atoms with Crippen molar-refractivity contribution >= 4 is 38.9 Å². The Labute approximate surface area is 221 Å². The molecule has 1 aromatic heterocycles. The van der Waals surface area contributed by atoms with Crippen LogP contribution in [0.3, 0.4) is 0 Å². The topological polar surface area (TPSA) is 75.4 Å². The molecule has 36 heavy (non-hydrogen) atoms. The first-order valence-electron chi connectivity index (χ1n) is 11.5. The van der Waals surface area contributed by atoms with Crippen LogP contribution in [-0.2, 0) is 29.6 Å². The van der Waals surface area contributed by atoms with E-state index in [-0.39, 0.29) is 11.5 Å². The smallest absolute Gasteiger partial charge is 0.264 e. The van der Waals surface area contributed by atoms with Crippen molar-refractivity contribution in [3.05, 3.63) is 112 Å². The largest absolute Gasteiger partial charge is 0.392 e. The van der Waals surface area contributed by atoms with Gasteiger partial charge in [-0.05, 0) is 67.3 Å². The summed E-state index contributed by atoms with van der Waals surface area (Å²) in [5, 5.41) is 10.9. The highest BCUT2D eigenvalue weighted by atomic mass is 35.5. The molecule has 0 saturated heterocycles. The summed E-state index contributed by atoms with van der Waals surface area (Å²) in [5.74, 6) is 0. The average molecular weight is 545 g/mol. The Morgan fingerprint density at radius 2 is 1.72 bits per heavy atom. The first-order chi connectivity index (χ1) is 17.3. The number of nitrogens with zero attached hydrogens (tertiary/aromatic N) is 3. The predicted octanol–water partition coefficient (Wildman–Crippen LogP) is 6.27. The number of halogens is 2. The van der Waals surface area contributed by atoms with E-state index in [1.54, 1.807) is 42.9 Å². The molecule has 0 aliphatic carbocycles. The molecule has 0 bridgehead atoms. The molecule has 0 spiro atoms. The van der Waals surface area contributed by atoms with Crippen molar-refractivity contribution in [2.45, 2.75) is 43.9 Å². The minimum absolute atomic E-state index is 0.0974. The van der Waals surface area contributed by atoms with Gasteiger partial charge in [-0.3, -0.25) is 4.31 Å². The molecule has 1 N–H and O–H groups in total. The van der Waals surface area contributed by atoms with Crippen molar-refractivity contribution in [1.82, 2.24) is 9.55 Å². The minimum Gasteiger partial charge on any atom is -0.392 e. The van der Waals surface area contributed by atoms with Crippen LogP contribution in [0.4, 0.5) is 5.69 Å². The molecule has 9 heteroatoms. The summed E-state index contributed by atoms with van der Waals surface area (Å²) >= 11 is 12.3. The number of aliphatic hydroxyl groups excluding tert-OH is 1. The van der Waals surface area contributed by atoms with Gasteiger partial charge in [0.2, 0.25) is 0 Å². The second-order valence-corrected chi connectivity index (χ2v) is 11.2. The van der Waals surface area contributed by atoms with Crippen LogP contribution in [0.2, 0.25) is 10.0 Å². The highest BCUT2D eigenvalue weighted by molar-refractivity contribution is 7.92. The Hall–Kier alpha value is -2.84. The lowest BCUT2D eigenvalue weighted by Gasteiger charge is -2.33. The van der Waals surface area contributed by atoms with Crippen molar-refractivity contribution in [1.29, 1.82) is 0 Å². The van der Waals surface area contributed by atoms with E-state index in [1.165, 1.54) is 16.4 Å². The molecule has 3 aromatic carbocycles. The average Bonchev–Trinajstić information content (AvgIpc) is 3.38. The van der Waals surface area contributed by atoms with Gasteiger partial charge in [0, 0.05) is 34.5 Å². The van der Waals surface area contributed by atoms with Gasteiger partial charge in [-0.2, -0.15) is 0 Å².